The van der Waals surface area contributed by atoms with Crippen LogP contribution in [0, 0.1) is 25.6 Å². The Balaban J connectivity index is 0.000000177. The molecule has 2 aromatic heterocycles. The Morgan fingerprint density at radius 3 is 2.49 bits per heavy atom. The maximum atomic E-state index is 7.24. The van der Waals surface area contributed by atoms with Crippen LogP contribution < -0.4 is 0 Å². The van der Waals surface area contributed by atoms with Crippen LogP contribution in [0.3, 0.4) is 0 Å². The first-order valence-electron chi connectivity index (χ1n) is 11.2. The topological polar surface area (TPSA) is 35.1 Å². The first-order valence-corrected chi connectivity index (χ1v) is 11.2. The minimum Gasteiger partial charge on any atom is -0.371 e. The fourth-order valence-electron chi connectivity index (χ4n) is 4.19. The summed E-state index contributed by atoms with van der Waals surface area (Å²) in [6.07, 6.45) is 6.84. The van der Waals surface area contributed by atoms with Gasteiger partial charge in [0, 0.05) is 50.8 Å². The standard InChI is InChI=1S/C19H13N2.C11H9N2.Ir/c1-14-12-19(16-10-6-7-11-18(16)20-2)21-13-17(14)15-8-4-3-5-9-15;1-2-4-10-9(3-1)5-7-13-8-6-12-11(10)13;/h3-9,11-13H,1H3;1-3,6,8H,5,7H2;/q2*-1;. The molecule has 6 rings (SSSR count). The molecule has 0 fully saturated rings. The number of benzene rings is 3. The molecule has 0 N–H and O–H groups in total. The normalized spacial score (nSPS) is 11.1. The van der Waals surface area contributed by atoms with E-state index in [9.17, 15) is 0 Å². The van der Waals surface area contributed by atoms with Crippen LogP contribution in [0.1, 0.15) is 11.1 Å². The summed E-state index contributed by atoms with van der Waals surface area (Å²) >= 11 is 0. The van der Waals surface area contributed by atoms with E-state index in [1.807, 2.05) is 67.1 Å². The molecule has 0 aliphatic carbocycles. The van der Waals surface area contributed by atoms with Gasteiger partial charge in [-0.3, -0.25) is 4.98 Å². The fourth-order valence-corrected chi connectivity index (χ4v) is 4.19. The molecule has 0 bridgehead atoms. The molecule has 3 heterocycles. The van der Waals surface area contributed by atoms with Crippen LogP contribution in [0.4, 0.5) is 5.69 Å². The van der Waals surface area contributed by atoms with E-state index in [4.69, 9.17) is 6.57 Å². The van der Waals surface area contributed by atoms with E-state index in [2.05, 4.69) is 56.6 Å². The fraction of sp³-hybridized carbons (Fsp3) is 0.100. The summed E-state index contributed by atoms with van der Waals surface area (Å²) in [7, 11) is 0. The van der Waals surface area contributed by atoms with Crippen molar-refractivity contribution in [3.8, 4) is 33.8 Å². The molecule has 35 heavy (non-hydrogen) atoms. The summed E-state index contributed by atoms with van der Waals surface area (Å²) in [5, 5.41) is 0. The van der Waals surface area contributed by atoms with Crippen molar-refractivity contribution in [3.63, 3.8) is 0 Å². The van der Waals surface area contributed by atoms with Gasteiger partial charge in [-0.05, 0) is 35.7 Å². The van der Waals surface area contributed by atoms with E-state index >= 15 is 0 Å². The van der Waals surface area contributed by atoms with Crippen molar-refractivity contribution in [2.45, 2.75) is 19.9 Å². The predicted octanol–water partition coefficient (Wildman–Crippen LogP) is 6.98. The van der Waals surface area contributed by atoms with Crippen LogP contribution >= 0.6 is 0 Å². The Morgan fingerprint density at radius 2 is 1.71 bits per heavy atom. The zero-order valence-electron chi connectivity index (χ0n) is 19.2. The van der Waals surface area contributed by atoms with Crippen molar-refractivity contribution in [1.82, 2.24) is 14.5 Å². The van der Waals surface area contributed by atoms with Gasteiger partial charge in [0.15, 0.2) is 0 Å². The monoisotopic (exact) mass is 631 g/mol. The summed E-state index contributed by atoms with van der Waals surface area (Å²) in [5.41, 5.74) is 8.06. The molecule has 5 aromatic rings. The third-order valence-electron chi connectivity index (χ3n) is 5.91. The van der Waals surface area contributed by atoms with Gasteiger partial charge >= 0.3 is 0 Å². The average Bonchev–Trinajstić information content (AvgIpc) is 3.39. The van der Waals surface area contributed by atoms with Gasteiger partial charge in [-0.15, -0.1) is 53.6 Å². The van der Waals surface area contributed by atoms with E-state index in [1.54, 1.807) is 6.07 Å². The van der Waals surface area contributed by atoms with E-state index in [1.165, 1.54) is 11.1 Å². The van der Waals surface area contributed by atoms with Crippen molar-refractivity contribution in [3.05, 3.63) is 126 Å². The number of aryl methyl sites for hydroxylation is 3. The van der Waals surface area contributed by atoms with Crippen molar-refractivity contribution in [2.75, 3.05) is 0 Å². The molecule has 3 aromatic carbocycles. The first-order chi connectivity index (χ1) is 16.7. The summed E-state index contributed by atoms with van der Waals surface area (Å²) in [4.78, 5) is 12.4. The molecule has 1 aliphatic heterocycles. The van der Waals surface area contributed by atoms with Crippen molar-refractivity contribution < 1.29 is 20.1 Å². The quantitative estimate of drug-likeness (QED) is 0.198. The summed E-state index contributed by atoms with van der Waals surface area (Å²) < 4.78 is 2.18. The van der Waals surface area contributed by atoms with Crippen molar-refractivity contribution in [1.29, 1.82) is 0 Å². The van der Waals surface area contributed by atoms with Crippen LogP contribution in [-0.4, -0.2) is 14.5 Å². The number of rotatable bonds is 2. The van der Waals surface area contributed by atoms with Crippen LogP contribution in [0.25, 0.3) is 38.6 Å². The molecule has 0 saturated carbocycles. The molecule has 0 unspecified atom stereocenters. The van der Waals surface area contributed by atoms with Gasteiger partial charge in [0.1, 0.15) is 6.57 Å². The van der Waals surface area contributed by atoms with Crippen molar-refractivity contribution >= 4 is 5.69 Å². The Bertz CT molecular complexity index is 1480. The van der Waals surface area contributed by atoms with E-state index < -0.39 is 0 Å². The van der Waals surface area contributed by atoms with Crippen LogP contribution in [-0.2, 0) is 33.1 Å². The van der Waals surface area contributed by atoms with Crippen LogP contribution in [0.5, 0.6) is 0 Å². The number of fused-ring (bicyclic) bond motifs is 3. The third kappa shape index (κ3) is 5.15. The minimum absolute atomic E-state index is 0. The Kier molecular flexibility index (Phi) is 7.67. The van der Waals surface area contributed by atoms with Gasteiger partial charge in [-0.2, -0.15) is 4.85 Å². The van der Waals surface area contributed by atoms with E-state index in [0.29, 0.717) is 5.69 Å². The molecule has 0 amide bonds. The zero-order valence-corrected chi connectivity index (χ0v) is 21.6. The summed E-state index contributed by atoms with van der Waals surface area (Å²) in [6.45, 7) is 10.3. The smallest absolute Gasteiger partial charge is 0.235 e. The number of hydrogen-bond acceptors (Lipinski definition) is 2. The third-order valence-corrected chi connectivity index (χ3v) is 5.91. The molecular formula is C30H22IrN4-2. The van der Waals surface area contributed by atoms with Gasteiger partial charge in [0.2, 0.25) is 5.69 Å². The summed E-state index contributed by atoms with van der Waals surface area (Å²) in [6, 6.07) is 30.1. The number of hydrogen-bond donors (Lipinski definition) is 0. The molecule has 0 atom stereocenters. The molecule has 0 spiro atoms. The van der Waals surface area contributed by atoms with E-state index in [0.717, 1.165) is 46.7 Å². The number of imidazole rings is 1. The zero-order chi connectivity index (χ0) is 23.3. The van der Waals surface area contributed by atoms with Gasteiger partial charge in [0.05, 0.1) is 5.82 Å². The second-order valence-electron chi connectivity index (χ2n) is 8.06. The Labute approximate surface area is 219 Å². The molecule has 5 heteroatoms. The number of pyridine rings is 1. The molecule has 1 radical (unpaired) electrons. The summed E-state index contributed by atoms with van der Waals surface area (Å²) in [5.74, 6) is 1.06. The second-order valence-corrected chi connectivity index (χ2v) is 8.06. The SMILES string of the molecule is [C-]#[N+]c1ccc[c-]c1-c1cc(C)c(-c2ccccc2)cn1.[Ir].[c-]1cccc2c1-c1nccn1CC2. The first kappa shape index (κ1) is 24.3. The molecular weight excluding hydrogens is 609 g/mol. The molecule has 1 aliphatic rings. The number of aromatic nitrogens is 3. The maximum absolute atomic E-state index is 7.24. The van der Waals surface area contributed by atoms with Gasteiger partial charge < -0.3 is 9.55 Å². The minimum atomic E-state index is 0. The van der Waals surface area contributed by atoms with Gasteiger partial charge in [0.25, 0.3) is 0 Å². The molecule has 0 saturated heterocycles. The number of nitrogens with zero attached hydrogens (tertiary/aromatic N) is 4. The van der Waals surface area contributed by atoms with Gasteiger partial charge in [-0.25, -0.2) is 0 Å². The average molecular weight is 631 g/mol. The molecule has 4 nitrogen and oxygen atoms in total. The predicted molar refractivity (Wildman–Crippen MR) is 135 cm³/mol. The van der Waals surface area contributed by atoms with Gasteiger partial charge in [-0.1, -0.05) is 42.5 Å². The van der Waals surface area contributed by atoms with Crippen LogP contribution in [0.15, 0.2) is 91.4 Å². The Morgan fingerprint density at radius 1 is 0.943 bits per heavy atom. The van der Waals surface area contributed by atoms with Crippen LogP contribution in [0.2, 0.25) is 0 Å². The molecule has 173 valence electrons. The second kappa shape index (κ2) is 11.1. The largest absolute Gasteiger partial charge is 0.371 e. The maximum Gasteiger partial charge on any atom is 0.235 e. The van der Waals surface area contributed by atoms with E-state index in [-0.39, 0.29) is 20.1 Å². The Hall–Kier alpha value is -3.84. The van der Waals surface area contributed by atoms with Crippen molar-refractivity contribution in [2.24, 2.45) is 0 Å².